The second kappa shape index (κ2) is 5.32. The SMILES string of the molecule is COc1ccc2c(c1)C(NC(C)C)CC(C)S2. The highest BCUT2D eigenvalue weighted by molar-refractivity contribution is 8.00. The molecule has 0 saturated heterocycles. The molecular weight excluding hydrogens is 230 g/mol. The molecule has 1 aromatic rings. The lowest BCUT2D eigenvalue weighted by Gasteiger charge is -2.31. The van der Waals surface area contributed by atoms with Gasteiger partial charge < -0.3 is 10.1 Å². The van der Waals surface area contributed by atoms with Crippen LogP contribution >= 0.6 is 11.8 Å². The highest BCUT2D eigenvalue weighted by Crippen LogP contribution is 2.42. The molecule has 2 unspecified atom stereocenters. The predicted molar refractivity (Wildman–Crippen MR) is 73.9 cm³/mol. The fraction of sp³-hybridized carbons (Fsp3) is 0.571. The van der Waals surface area contributed by atoms with Crippen LogP contribution in [-0.4, -0.2) is 18.4 Å². The van der Waals surface area contributed by atoms with Crippen LogP contribution < -0.4 is 10.1 Å². The van der Waals surface area contributed by atoms with Gasteiger partial charge in [0.05, 0.1) is 7.11 Å². The van der Waals surface area contributed by atoms with Gasteiger partial charge in [-0.05, 0) is 30.2 Å². The molecule has 2 atom stereocenters. The monoisotopic (exact) mass is 251 g/mol. The third kappa shape index (κ3) is 2.96. The highest BCUT2D eigenvalue weighted by atomic mass is 32.2. The van der Waals surface area contributed by atoms with Gasteiger partial charge in [-0.15, -0.1) is 11.8 Å². The first kappa shape index (κ1) is 12.8. The summed E-state index contributed by atoms with van der Waals surface area (Å²) in [5.74, 6) is 0.953. The average Bonchev–Trinajstić information content (AvgIpc) is 2.27. The summed E-state index contributed by atoms with van der Waals surface area (Å²) >= 11 is 1.97. The molecule has 1 aliphatic heterocycles. The molecule has 17 heavy (non-hydrogen) atoms. The number of ether oxygens (including phenoxy) is 1. The van der Waals surface area contributed by atoms with Crippen molar-refractivity contribution in [3.63, 3.8) is 0 Å². The summed E-state index contributed by atoms with van der Waals surface area (Å²) < 4.78 is 5.32. The van der Waals surface area contributed by atoms with Gasteiger partial charge in [-0.25, -0.2) is 0 Å². The third-order valence-electron chi connectivity index (χ3n) is 3.02. The van der Waals surface area contributed by atoms with Crippen molar-refractivity contribution >= 4 is 11.8 Å². The Kier molecular flexibility index (Phi) is 4.00. The van der Waals surface area contributed by atoms with E-state index in [1.165, 1.54) is 16.9 Å². The van der Waals surface area contributed by atoms with Crippen molar-refractivity contribution in [3.8, 4) is 5.75 Å². The number of nitrogens with one attached hydrogen (secondary N) is 1. The van der Waals surface area contributed by atoms with E-state index in [2.05, 4.69) is 44.3 Å². The van der Waals surface area contributed by atoms with Gasteiger partial charge in [0, 0.05) is 22.2 Å². The molecule has 0 bridgehead atoms. The summed E-state index contributed by atoms with van der Waals surface area (Å²) in [5, 5.41) is 4.32. The molecular formula is C14H21NOS. The zero-order chi connectivity index (χ0) is 12.4. The topological polar surface area (TPSA) is 21.3 Å². The van der Waals surface area contributed by atoms with E-state index in [0.29, 0.717) is 17.3 Å². The number of fused-ring (bicyclic) bond motifs is 1. The number of hydrogen-bond donors (Lipinski definition) is 1. The molecule has 0 aliphatic carbocycles. The Morgan fingerprint density at radius 3 is 2.82 bits per heavy atom. The molecule has 0 amide bonds. The fourth-order valence-electron chi connectivity index (χ4n) is 2.32. The Balaban J connectivity index is 2.31. The Hall–Kier alpha value is -0.670. The number of methoxy groups -OCH3 is 1. The molecule has 2 rings (SSSR count). The minimum absolute atomic E-state index is 0.455. The lowest BCUT2D eigenvalue weighted by atomic mass is 10.00. The van der Waals surface area contributed by atoms with Crippen LogP contribution in [0, 0.1) is 0 Å². The normalized spacial score (nSPS) is 23.6. The van der Waals surface area contributed by atoms with E-state index in [-0.39, 0.29) is 0 Å². The van der Waals surface area contributed by atoms with E-state index in [0.717, 1.165) is 5.75 Å². The minimum atomic E-state index is 0.455. The van der Waals surface area contributed by atoms with Gasteiger partial charge >= 0.3 is 0 Å². The molecule has 0 radical (unpaired) electrons. The molecule has 0 saturated carbocycles. The van der Waals surface area contributed by atoms with Gasteiger partial charge in [-0.3, -0.25) is 0 Å². The lowest BCUT2D eigenvalue weighted by molar-refractivity contribution is 0.407. The van der Waals surface area contributed by atoms with Crippen molar-refractivity contribution in [2.24, 2.45) is 0 Å². The summed E-state index contributed by atoms with van der Waals surface area (Å²) in [5.41, 5.74) is 1.39. The molecule has 0 spiro atoms. The largest absolute Gasteiger partial charge is 0.497 e. The second-order valence-electron chi connectivity index (χ2n) is 4.94. The van der Waals surface area contributed by atoms with Crippen molar-refractivity contribution in [1.29, 1.82) is 0 Å². The average molecular weight is 251 g/mol. The predicted octanol–water partition coefficient (Wildman–Crippen LogP) is 3.62. The molecule has 1 aliphatic rings. The molecule has 0 fully saturated rings. The van der Waals surface area contributed by atoms with Gasteiger partial charge in [-0.1, -0.05) is 20.8 Å². The molecule has 0 aromatic heterocycles. The number of thioether (sulfide) groups is 1. The smallest absolute Gasteiger partial charge is 0.119 e. The molecule has 3 heteroatoms. The maximum Gasteiger partial charge on any atom is 0.119 e. The molecule has 2 nitrogen and oxygen atoms in total. The van der Waals surface area contributed by atoms with E-state index in [9.17, 15) is 0 Å². The number of rotatable bonds is 3. The van der Waals surface area contributed by atoms with Gasteiger partial charge in [0.1, 0.15) is 5.75 Å². The van der Waals surface area contributed by atoms with Crippen LogP contribution in [0.1, 0.15) is 38.8 Å². The minimum Gasteiger partial charge on any atom is -0.497 e. The molecule has 1 N–H and O–H groups in total. The first-order chi connectivity index (χ1) is 8.10. The Morgan fingerprint density at radius 2 is 2.18 bits per heavy atom. The van der Waals surface area contributed by atoms with Crippen LogP contribution in [-0.2, 0) is 0 Å². The fourth-order valence-corrected chi connectivity index (χ4v) is 3.52. The van der Waals surface area contributed by atoms with Crippen LogP contribution in [0.4, 0.5) is 0 Å². The van der Waals surface area contributed by atoms with Crippen LogP contribution in [0.25, 0.3) is 0 Å². The summed E-state index contributed by atoms with van der Waals surface area (Å²) in [6.07, 6.45) is 1.18. The number of hydrogen-bond acceptors (Lipinski definition) is 3. The quantitative estimate of drug-likeness (QED) is 0.886. The van der Waals surface area contributed by atoms with E-state index < -0.39 is 0 Å². The van der Waals surface area contributed by atoms with E-state index in [1.54, 1.807) is 7.11 Å². The summed E-state index contributed by atoms with van der Waals surface area (Å²) in [6.45, 7) is 6.70. The third-order valence-corrected chi connectivity index (χ3v) is 4.24. The Morgan fingerprint density at radius 1 is 1.41 bits per heavy atom. The van der Waals surface area contributed by atoms with Crippen molar-refractivity contribution in [1.82, 2.24) is 5.32 Å². The molecule has 1 heterocycles. The van der Waals surface area contributed by atoms with Crippen molar-refractivity contribution < 1.29 is 4.74 Å². The summed E-state index contributed by atoms with van der Waals surface area (Å²) in [7, 11) is 1.73. The van der Waals surface area contributed by atoms with Crippen LogP contribution in [0.15, 0.2) is 23.1 Å². The van der Waals surface area contributed by atoms with Crippen LogP contribution in [0.5, 0.6) is 5.75 Å². The first-order valence-electron chi connectivity index (χ1n) is 6.20. The number of benzene rings is 1. The van der Waals surface area contributed by atoms with E-state index in [1.807, 2.05) is 11.8 Å². The van der Waals surface area contributed by atoms with Crippen molar-refractivity contribution in [2.45, 2.75) is 49.4 Å². The van der Waals surface area contributed by atoms with Crippen molar-refractivity contribution in [3.05, 3.63) is 23.8 Å². The maximum absolute atomic E-state index is 5.32. The maximum atomic E-state index is 5.32. The second-order valence-corrected chi connectivity index (χ2v) is 6.42. The summed E-state index contributed by atoms with van der Waals surface area (Å²) in [4.78, 5) is 1.39. The van der Waals surface area contributed by atoms with Gasteiger partial charge in [0.2, 0.25) is 0 Å². The van der Waals surface area contributed by atoms with Gasteiger partial charge in [-0.2, -0.15) is 0 Å². The standard InChI is InChI=1S/C14H21NOS/c1-9(2)15-13-7-10(3)17-14-6-5-11(16-4)8-12(13)14/h5-6,8-10,13,15H,7H2,1-4H3. The zero-order valence-corrected chi connectivity index (χ0v) is 11.8. The summed E-state index contributed by atoms with van der Waals surface area (Å²) in [6, 6.07) is 7.37. The van der Waals surface area contributed by atoms with Crippen LogP contribution in [0.3, 0.4) is 0 Å². The first-order valence-corrected chi connectivity index (χ1v) is 7.08. The molecule has 94 valence electrons. The van der Waals surface area contributed by atoms with Gasteiger partial charge in [0.25, 0.3) is 0 Å². The Labute approximate surface area is 108 Å². The van der Waals surface area contributed by atoms with Gasteiger partial charge in [0.15, 0.2) is 0 Å². The Bertz CT molecular complexity index is 392. The van der Waals surface area contributed by atoms with Crippen molar-refractivity contribution in [2.75, 3.05) is 7.11 Å². The van der Waals surface area contributed by atoms with Crippen LogP contribution in [0.2, 0.25) is 0 Å². The van der Waals surface area contributed by atoms with E-state index in [4.69, 9.17) is 4.74 Å². The molecule has 1 aromatic carbocycles. The zero-order valence-electron chi connectivity index (χ0n) is 11.0. The highest BCUT2D eigenvalue weighted by Gasteiger charge is 2.25. The van der Waals surface area contributed by atoms with E-state index >= 15 is 0 Å². The lowest BCUT2D eigenvalue weighted by Crippen LogP contribution is -2.32.